The Bertz CT molecular complexity index is 8130. The summed E-state index contributed by atoms with van der Waals surface area (Å²) in [6, 6.07) is 44.9. The average Bonchev–Trinajstić information content (AvgIpc) is 1.65. The van der Waals surface area contributed by atoms with E-state index in [-0.39, 0.29) is 57.2 Å². The Balaban J connectivity index is 0.000000112. The van der Waals surface area contributed by atoms with Crippen LogP contribution in [0.15, 0.2) is 237 Å². The fraction of sp³-hybridized carbons (Fsp3) is 0.345. The van der Waals surface area contributed by atoms with Crippen LogP contribution in [0.2, 0.25) is 0 Å². The maximum absolute atomic E-state index is 14.5. The maximum atomic E-state index is 14.5. The molecule has 7 fully saturated rings. The number of hydrogen-bond donors (Lipinski definition) is 3. The molecular weight excluding hydrogens is 1880 g/mol. The summed E-state index contributed by atoms with van der Waals surface area (Å²) < 4.78 is 88.7. The number of fused-ring (bicyclic) bond motifs is 9. The second-order valence-corrected chi connectivity index (χ2v) is 39.3. The average molecular weight is 2000 g/mol. The van der Waals surface area contributed by atoms with Gasteiger partial charge >= 0.3 is 0 Å². The molecule has 7 saturated heterocycles. The Kier molecular flexibility index (Phi) is 28.6. The van der Waals surface area contributed by atoms with E-state index in [1.54, 1.807) is 94.1 Å². The second kappa shape index (κ2) is 42.4. The minimum atomic E-state index is -0.480. The number of rotatable bonds is 16. The van der Waals surface area contributed by atoms with Gasteiger partial charge in [0.2, 0.25) is 0 Å². The van der Waals surface area contributed by atoms with Gasteiger partial charge in [0.05, 0.1) is 97.7 Å². The van der Waals surface area contributed by atoms with E-state index in [4.69, 9.17) is 29.0 Å². The first-order valence-corrected chi connectivity index (χ1v) is 49.7. The van der Waals surface area contributed by atoms with Crippen LogP contribution in [-0.2, 0) is 0 Å². The summed E-state index contributed by atoms with van der Waals surface area (Å²) in [6.45, 7) is 25.0. The molecule has 33 nitrogen and oxygen atoms in total. The van der Waals surface area contributed by atoms with Gasteiger partial charge in [-0.3, -0.25) is 46.0 Å². The number of aromatic nitrogens is 14. The number of nitrogens with zero attached hydrogens (tertiary/aromatic N) is 21. The summed E-state index contributed by atoms with van der Waals surface area (Å²) in [4.78, 5) is 112. The third-order valence-electron chi connectivity index (χ3n) is 28.9. The molecule has 7 aliphatic heterocycles. The van der Waals surface area contributed by atoms with E-state index in [1.807, 2.05) is 118 Å². The lowest BCUT2D eigenvalue weighted by Crippen LogP contribution is -2.54. The quantitative estimate of drug-likeness (QED) is 0.0757. The zero-order valence-electron chi connectivity index (χ0n) is 83.6. The van der Waals surface area contributed by atoms with E-state index in [9.17, 15) is 41.5 Å². The molecule has 0 amide bonds. The number of β-amino-alcohol motifs (C(OH)–C–C–N with tert-alkyl or cyclic N) is 1. The number of hydrogen-bond acceptors (Lipinski definition) is 26. The van der Waals surface area contributed by atoms with Crippen molar-refractivity contribution in [1.29, 1.82) is 0 Å². The van der Waals surface area contributed by atoms with Gasteiger partial charge in [-0.2, -0.15) is 0 Å². The van der Waals surface area contributed by atoms with E-state index in [1.165, 1.54) is 68.8 Å². The van der Waals surface area contributed by atoms with Gasteiger partial charge in [-0.05, 0) is 237 Å². The summed E-state index contributed by atoms with van der Waals surface area (Å²) in [5, 5.41) is 16.1. The molecule has 0 saturated carbocycles. The van der Waals surface area contributed by atoms with Gasteiger partial charge in [-0.1, -0.05) is 6.07 Å². The van der Waals surface area contributed by atoms with E-state index >= 15 is 0 Å². The molecule has 0 aliphatic carbocycles. The first-order chi connectivity index (χ1) is 71.1. The van der Waals surface area contributed by atoms with Crippen molar-refractivity contribution >= 4 is 62.3 Å². The van der Waals surface area contributed by atoms with Crippen molar-refractivity contribution < 1.29 is 41.6 Å². The summed E-state index contributed by atoms with van der Waals surface area (Å²) in [5.41, 5.74) is 14.5. The van der Waals surface area contributed by atoms with Crippen molar-refractivity contribution in [3.8, 4) is 79.3 Å². The number of benzene rings is 3. The molecule has 37 heteroatoms. The number of pyridine rings is 7. The highest BCUT2D eigenvalue weighted by Gasteiger charge is 2.40. The van der Waals surface area contributed by atoms with E-state index in [2.05, 4.69) is 109 Å². The number of anilines is 4. The van der Waals surface area contributed by atoms with E-state index in [0.29, 0.717) is 132 Å². The van der Waals surface area contributed by atoms with Gasteiger partial charge in [0.25, 0.3) is 27.8 Å². The van der Waals surface area contributed by atoms with Gasteiger partial charge in [-0.25, -0.2) is 52.4 Å². The number of ether oxygens (including phenoxy) is 4. The fourth-order valence-corrected chi connectivity index (χ4v) is 21.5. The van der Waals surface area contributed by atoms with Crippen LogP contribution < -0.4 is 77.0 Å². The Morgan fingerprint density at radius 3 is 1.14 bits per heavy atom. The molecule has 17 aromatic rings. The molecule has 147 heavy (non-hydrogen) atoms. The number of aliphatic hydroxyl groups is 1. The second-order valence-electron chi connectivity index (χ2n) is 39.3. The summed E-state index contributed by atoms with van der Waals surface area (Å²) in [7, 11) is 10.3. The summed E-state index contributed by atoms with van der Waals surface area (Å²) in [6.07, 6.45) is 19.5. The highest BCUT2D eigenvalue weighted by atomic mass is 19.1. The van der Waals surface area contributed by atoms with Crippen LogP contribution in [0.1, 0.15) is 56.0 Å². The molecule has 0 spiro atoms. The first-order valence-electron chi connectivity index (χ1n) is 49.7. The molecule has 24 rings (SSSR count). The smallest absolute Gasteiger partial charge is 0.258 e. The number of aryl methyl sites for hydroxylation is 2. The van der Waals surface area contributed by atoms with Crippen LogP contribution in [0.3, 0.4) is 0 Å². The number of nitrogens with one attached hydrogen (secondary N) is 2. The third-order valence-corrected chi connectivity index (χ3v) is 28.9. The van der Waals surface area contributed by atoms with Crippen LogP contribution in [0, 0.1) is 60.8 Å². The fourth-order valence-electron chi connectivity index (χ4n) is 21.5. The molecule has 0 radical (unpaired) electrons. The third kappa shape index (κ3) is 21.3. The van der Waals surface area contributed by atoms with Gasteiger partial charge < -0.3 is 77.8 Å². The van der Waals surface area contributed by atoms with Crippen LogP contribution in [-0.4, -0.2) is 258 Å². The minimum absolute atomic E-state index is 0.107. The SMILES string of the molecule is COc1ccc(-c2cc(=O)n3cc(C4CCN(CCO)CC4)ccc3n2)cc1OC.COc1ccc(-c2cc(=O)n3cc(N4C[C@H]5CN(C)C[C@H]5C4)ccc3n2)cc1F.COc1ccc(-c2cc(=O)n3cc(N4C[C@H]5CNC[C@H]5C4)ccc3n2)cc1F.Cc1cn2cc(-c3cc(=O)n4cc(N5CCCN(C)CC5)ccc4n3)cc(F)c2n1.Cc1cn2cc(-c3cc(=O)n4cc(N5C[C@@H](C)N[C@@H](C)C5)ccc4n3)cc(F)c2n1. The predicted molar refractivity (Wildman–Crippen MR) is 560 cm³/mol. The maximum Gasteiger partial charge on any atom is 0.258 e. The lowest BCUT2D eigenvalue weighted by molar-refractivity contribution is 0.164. The van der Waals surface area contributed by atoms with Gasteiger partial charge in [0.1, 0.15) is 28.2 Å². The number of likely N-dealkylation sites (tertiary alicyclic amines) is 2. The van der Waals surface area contributed by atoms with Crippen molar-refractivity contribution in [3.05, 3.63) is 305 Å². The number of aliphatic hydroxyl groups excluding tert-OH is 1. The molecule has 3 aromatic carbocycles. The number of imidazole rings is 2. The molecule has 6 atom stereocenters. The van der Waals surface area contributed by atoms with Crippen molar-refractivity contribution in [2.75, 3.05) is 180 Å². The van der Waals surface area contributed by atoms with Crippen molar-refractivity contribution in [1.82, 2.24) is 91.0 Å². The van der Waals surface area contributed by atoms with Crippen LogP contribution in [0.25, 0.3) is 95.8 Å². The van der Waals surface area contributed by atoms with E-state index < -0.39 is 23.3 Å². The summed E-state index contributed by atoms with van der Waals surface area (Å²) >= 11 is 0. The number of piperidine rings is 1. The van der Waals surface area contributed by atoms with Gasteiger partial charge in [-0.15, -0.1) is 0 Å². The highest BCUT2D eigenvalue weighted by Crippen LogP contribution is 2.38. The predicted octanol–water partition coefficient (Wildman–Crippen LogP) is 12.5. The lowest BCUT2D eigenvalue weighted by Gasteiger charge is -2.37. The molecule has 14 aromatic heterocycles. The van der Waals surface area contributed by atoms with Crippen LogP contribution in [0.4, 0.5) is 40.3 Å². The Hall–Kier alpha value is -15.3. The Labute approximate surface area is 843 Å². The number of piperazine rings is 1. The van der Waals surface area contributed by atoms with Crippen molar-refractivity contribution in [3.63, 3.8) is 0 Å². The number of likely N-dealkylation sites (N-methyl/N-ethyl adjacent to an activating group) is 1. The highest BCUT2D eigenvalue weighted by molar-refractivity contribution is 5.71. The monoisotopic (exact) mass is 2000 g/mol. The van der Waals surface area contributed by atoms with Crippen molar-refractivity contribution in [2.24, 2.45) is 23.7 Å². The normalized spacial score (nSPS) is 18.7. The molecule has 3 N–H and O–H groups in total. The topological polar surface area (TPSA) is 310 Å². The van der Waals surface area contributed by atoms with Crippen molar-refractivity contribution in [2.45, 2.75) is 65.0 Å². The standard InChI is InChI=1S/C23H27N3O4.2C22H23FN6O.C22H23FN4O2.C21H21FN4O2/c1-29-20-5-3-17(13-21(20)30-2)19-14-23(28)26-15-18(4-6-22(26)24-19)16-7-9-25(10-8-16)11-12-27;1-13-8-27(9-14(2)24-13)17-4-5-20-26-19(7-21(30)29(20)12-17)16-6-18(23)22-25-15(3)10-28(22)11-16;1-15-12-28-13-16(10-18(23)22(28)24-15)19-11-21(30)29-14-17(4-5-20(29)25-19)27-7-3-6-26(2)8-9-27;1-25-9-15-11-26(12-16(15)10-25)17-4-6-21-24-19(8-22(28)27(21)13-17)14-3-5-20(29-2)18(23)7-14;1-28-19-4-2-13(6-17(19)22)18-7-21(27)26-12-16(3-5-20(26)24-18)25-10-14-8-23-9-15(14)11-25/h3-6,13-16,27H,7-12H2,1-2H3;4-7,10-14,24H,8-9H2,1-3H3;4-5,10-14H,3,6-9H2,1-2H3;3-8,13,15-16H,9-12H2,1-2H3;2-7,12,14-15,23H,8-11H2,1H3/t;13-,14+;;15-,16+;14-,15+. The van der Waals surface area contributed by atoms with Crippen LogP contribution >= 0.6 is 0 Å². The molecule has 0 unspecified atom stereocenters. The lowest BCUT2D eigenvalue weighted by atomic mass is 9.90. The van der Waals surface area contributed by atoms with Gasteiger partial charge in [0, 0.05) is 218 Å². The number of methoxy groups -OCH3 is 4. The van der Waals surface area contributed by atoms with E-state index in [0.717, 1.165) is 176 Å². The first kappa shape index (κ1) is 99.1. The zero-order valence-corrected chi connectivity index (χ0v) is 83.6. The Morgan fingerprint density at radius 2 is 0.728 bits per heavy atom. The number of halogens is 4. The minimum Gasteiger partial charge on any atom is -0.494 e. The Morgan fingerprint density at radius 1 is 0.354 bits per heavy atom. The van der Waals surface area contributed by atoms with Crippen LogP contribution in [0.5, 0.6) is 23.0 Å². The molecule has 7 aliphatic rings. The molecule has 0 bridgehead atoms. The van der Waals surface area contributed by atoms with Gasteiger partial charge in [0.15, 0.2) is 57.6 Å². The zero-order chi connectivity index (χ0) is 102. The molecule has 21 heterocycles. The summed E-state index contributed by atoms with van der Waals surface area (Å²) in [5.74, 6) is 2.87. The molecule has 760 valence electrons. The molecular formula is C110H117F4N23O10. The largest absolute Gasteiger partial charge is 0.494 e.